The van der Waals surface area contributed by atoms with Gasteiger partial charge in [0.2, 0.25) is 5.91 Å². The molecule has 2 amide bonds. The Labute approximate surface area is 175 Å². The number of hydrogen-bond donors (Lipinski definition) is 1. The van der Waals surface area contributed by atoms with Crippen molar-refractivity contribution in [3.8, 4) is 0 Å². The Kier molecular flexibility index (Phi) is 5.63. The van der Waals surface area contributed by atoms with Crippen LogP contribution in [0.3, 0.4) is 0 Å². The molecule has 2 heterocycles. The average Bonchev–Trinajstić information content (AvgIpc) is 2.29. The van der Waals surface area contributed by atoms with Crippen molar-refractivity contribution in [3.05, 3.63) is 0 Å². The Morgan fingerprint density at radius 1 is 1.00 bits per heavy atom. The summed E-state index contributed by atoms with van der Waals surface area (Å²) in [5.41, 5.74) is 4.01. The smallest absolute Gasteiger partial charge is 0.411 e. The van der Waals surface area contributed by atoms with Gasteiger partial charge in [0.15, 0.2) is 9.40 Å². The van der Waals surface area contributed by atoms with Crippen LogP contribution in [0.2, 0.25) is 0 Å². The molecule has 27 heavy (non-hydrogen) atoms. The van der Waals surface area contributed by atoms with Crippen LogP contribution in [0.1, 0.15) is 74.1 Å². The molecule has 1 atom stereocenters. The highest BCUT2D eigenvalue weighted by molar-refractivity contribution is 14.1. The Balaban J connectivity index is 2.21. The zero-order valence-electron chi connectivity index (χ0n) is 17.5. The number of alkyl halides is 2. The highest BCUT2D eigenvalue weighted by Crippen LogP contribution is 2.49. The van der Waals surface area contributed by atoms with Gasteiger partial charge in [-0.3, -0.25) is 10.5 Å². The molecule has 2 aliphatic heterocycles. The minimum atomic E-state index is -1.76. The maximum Gasteiger partial charge on any atom is 0.411 e. The Morgan fingerprint density at radius 3 is 1.89 bits per heavy atom. The summed E-state index contributed by atoms with van der Waals surface area (Å²) in [6.07, 6.45) is 0.752. The van der Waals surface area contributed by atoms with Gasteiger partial charge >= 0.3 is 6.09 Å². The van der Waals surface area contributed by atoms with Crippen molar-refractivity contribution in [2.45, 2.75) is 100 Å². The summed E-state index contributed by atoms with van der Waals surface area (Å²) in [7, 11) is 0. The summed E-state index contributed by atoms with van der Waals surface area (Å²) in [4.78, 5) is 28.7. The fourth-order valence-electron chi connectivity index (χ4n) is 5.31. The first-order valence-electron chi connectivity index (χ1n) is 9.39. The highest BCUT2D eigenvalue weighted by Gasteiger charge is 2.55. The molecule has 8 heteroatoms. The lowest BCUT2D eigenvalue weighted by molar-refractivity contribution is -0.154. The second kappa shape index (κ2) is 6.71. The van der Waals surface area contributed by atoms with Crippen molar-refractivity contribution in [3.63, 3.8) is 0 Å². The second-order valence-electron chi connectivity index (χ2n) is 10.0. The van der Waals surface area contributed by atoms with E-state index in [1.54, 1.807) is 25.7 Å². The van der Waals surface area contributed by atoms with Gasteiger partial charge in [-0.15, -0.1) is 0 Å². The first kappa shape index (κ1) is 22.6. The van der Waals surface area contributed by atoms with Crippen LogP contribution in [0.4, 0.5) is 9.18 Å². The molecule has 2 fully saturated rings. The van der Waals surface area contributed by atoms with E-state index in [9.17, 15) is 14.0 Å². The summed E-state index contributed by atoms with van der Waals surface area (Å²) in [5.74, 6) is -1.76. The number of halogens is 2. The molecule has 0 bridgehead atoms. The zero-order chi connectivity index (χ0) is 21.1. The van der Waals surface area contributed by atoms with Gasteiger partial charge in [-0.2, -0.15) is 0 Å². The van der Waals surface area contributed by atoms with E-state index in [1.165, 1.54) is 0 Å². The monoisotopic (exact) mass is 497 g/mol. The molecule has 1 unspecified atom stereocenters. The average molecular weight is 497 g/mol. The van der Waals surface area contributed by atoms with Crippen molar-refractivity contribution >= 4 is 34.6 Å². The molecule has 0 aromatic heterocycles. The number of nitrogens with two attached hydrogens (primary N) is 1. The quantitative estimate of drug-likeness (QED) is 0.338. The van der Waals surface area contributed by atoms with Gasteiger partial charge < -0.3 is 14.5 Å². The van der Waals surface area contributed by atoms with Crippen molar-refractivity contribution in [1.29, 1.82) is 0 Å². The number of nitrogens with zero attached hydrogens (tertiary/aromatic N) is 2. The van der Waals surface area contributed by atoms with E-state index in [-0.39, 0.29) is 25.3 Å². The van der Waals surface area contributed by atoms with Crippen LogP contribution in [0.25, 0.3) is 0 Å². The Hall–Kier alpha value is -0.640. The van der Waals surface area contributed by atoms with E-state index < -0.39 is 32.1 Å². The van der Waals surface area contributed by atoms with Gasteiger partial charge in [0.1, 0.15) is 0 Å². The van der Waals surface area contributed by atoms with Crippen molar-refractivity contribution in [2.75, 3.05) is 6.54 Å². The lowest BCUT2D eigenvalue weighted by Gasteiger charge is -2.57. The molecule has 2 rings (SSSR count). The van der Waals surface area contributed by atoms with Gasteiger partial charge in [0.05, 0.1) is 0 Å². The van der Waals surface area contributed by atoms with Crippen LogP contribution in [0.15, 0.2) is 0 Å². The molecule has 0 aromatic carbocycles. The van der Waals surface area contributed by atoms with Crippen LogP contribution in [0, 0.1) is 0 Å². The van der Waals surface area contributed by atoms with Crippen molar-refractivity contribution < 1.29 is 18.7 Å². The van der Waals surface area contributed by atoms with Gasteiger partial charge in [0, 0.05) is 55.8 Å². The van der Waals surface area contributed by atoms with Crippen molar-refractivity contribution in [1.82, 2.24) is 9.80 Å². The fourth-order valence-corrected chi connectivity index (χ4v) is 7.37. The highest BCUT2D eigenvalue weighted by atomic mass is 127. The van der Waals surface area contributed by atoms with E-state index in [0.29, 0.717) is 12.8 Å². The maximum atomic E-state index is 14.2. The standard InChI is InChI=1S/C19H33FIN3O3/c1-13(25)24-16(4,5)11-19(21,12-17(24,6)7)27-14(26)23-9-8-18(20,22)10-15(23,2)3/h8-12,22H2,1-7H3. The summed E-state index contributed by atoms with van der Waals surface area (Å²) < 4.78 is 19.5. The van der Waals surface area contributed by atoms with Gasteiger partial charge in [-0.1, -0.05) is 0 Å². The van der Waals surface area contributed by atoms with Crippen molar-refractivity contribution in [2.24, 2.45) is 5.73 Å². The first-order chi connectivity index (χ1) is 11.9. The molecule has 2 saturated heterocycles. The zero-order valence-corrected chi connectivity index (χ0v) is 19.6. The molecule has 0 spiro atoms. The van der Waals surface area contributed by atoms with E-state index in [0.717, 1.165) is 0 Å². The largest absolute Gasteiger partial charge is 0.432 e. The number of rotatable bonds is 1. The fraction of sp³-hybridized carbons (Fsp3) is 0.895. The predicted octanol–water partition coefficient (Wildman–Crippen LogP) is 3.95. The number of ether oxygens (including phenoxy) is 1. The maximum absolute atomic E-state index is 14.2. The minimum Gasteiger partial charge on any atom is -0.432 e. The van der Waals surface area contributed by atoms with E-state index in [4.69, 9.17) is 10.5 Å². The molecule has 6 nitrogen and oxygen atoms in total. The molecule has 2 N–H and O–H groups in total. The topological polar surface area (TPSA) is 75.9 Å². The number of likely N-dealkylation sites (tertiary alicyclic amines) is 2. The Bertz CT molecular complexity index is 616. The minimum absolute atomic E-state index is 0.00849. The first-order valence-corrected chi connectivity index (χ1v) is 10.5. The SMILES string of the molecule is CC(=O)N1C(C)(C)CC(I)(OC(=O)N2CCC(N)(F)CC2(C)C)CC1(C)C. The van der Waals surface area contributed by atoms with Crippen LogP contribution in [-0.4, -0.2) is 54.4 Å². The molecule has 0 radical (unpaired) electrons. The van der Waals surface area contributed by atoms with Crippen LogP contribution in [0.5, 0.6) is 0 Å². The third-order valence-corrected chi connectivity index (χ3v) is 6.60. The third-order valence-electron chi connectivity index (χ3n) is 5.62. The summed E-state index contributed by atoms with van der Waals surface area (Å²) in [6, 6.07) is 0. The summed E-state index contributed by atoms with van der Waals surface area (Å²) in [5, 5.41) is 0. The normalized spacial score (nSPS) is 31.3. The molecule has 156 valence electrons. The lowest BCUT2D eigenvalue weighted by Crippen LogP contribution is -2.67. The van der Waals surface area contributed by atoms with E-state index >= 15 is 0 Å². The molecule has 0 saturated carbocycles. The van der Waals surface area contributed by atoms with Gasteiger partial charge in [-0.25, -0.2) is 9.18 Å². The van der Waals surface area contributed by atoms with Gasteiger partial charge in [0.25, 0.3) is 0 Å². The number of carbonyl (C=O) groups is 2. The van der Waals surface area contributed by atoms with Crippen LogP contribution in [-0.2, 0) is 9.53 Å². The number of hydrogen-bond acceptors (Lipinski definition) is 4. The van der Waals surface area contributed by atoms with Crippen LogP contribution < -0.4 is 5.73 Å². The second-order valence-corrected chi connectivity index (χ2v) is 12.0. The third kappa shape index (κ3) is 4.68. The van der Waals surface area contributed by atoms with E-state index in [2.05, 4.69) is 22.6 Å². The molecular formula is C19H33FIN3O3. The number of carbonyl (C=O) groups excluding carboxylic acids is 2. The molecule has 0 aliphatic carbocycles. The van der Waals surface area contributed by atoms with Crippen LogP contribution >= 0.6 is 22.6 Å². The Morgan fingerprint density at radius 2 is 1.48 bits per heavy atom. The number of amides is 2. The predicted molar refractivity (Wildman–Crippen MR) is 111 cm³/mol. The molecule has 2 aliphatic rings. The molecule has 0 aromatic rings. The lowest BCUT2D eigenvalue weighted by atomic mass is 9.78. The molecular weight excluding hydrogens is 464 g/mol. The number of piperidine rings is 2. The van der Waals surface area contributed by atoms with E-state index in [1.807, 2.05) is 32.6 Å². The summed E-state index contributed by atoms with van der Waals surface area (Å²) in [6.45, 7) is 13.4. The van der Waals surface area contributed by atoms with Gasteiger partial charge in [-0.05, 0) is 64.1 Å². The summed E-state index contributed by atoms with van der Waals surface area (Å²) >= 11 is 2.20.